The molecule has 1 aromatic carbocycles. The number of nitrogens with one attached hydrogen (secondary N) is 2. The van der Waals surface area contributed by atoms with E-state index in [2.05, 4.69) is 10.3 Å². The van der Waals surface area contributed by atoms with Crippen LogP contribution in [0.3, 0.4) is 0 Å². The van der Waals surface area contributed by atoms with Gasteiger partial charge in [-0.1, -0.05) is 19.1 Å². The molecule has 2 heterocycles. The number of hydrogen-bond donors (Lipinski definition) is 2. The Morgan fingerprint density at radius 3 is 3.00 bits per heavy atom. The number of hydrogen-bond acceptors (Lipinski definition) is 6. The molecule has 2 aromatic heterocycles. The number of fused-ring (bicyclic) bond motifs is 3. The van der Waals surface area contributed by atoms with Gasteiger partial charge >= 0.3 is 0 Å². The number of thiophene rings is 1. The van der Waals surface area contributed by atoms with E-state index in [0.29, 0.717) is 41.8 Å². The number of aromatic nitrogens is 2. The lowest BCUT2D eigenvalue weighted by atomic mass is 9.97. The summed E-state index contributed by atoms with van der Waals surface area (Å²) in [5, 5.41) is 3.72. The lowest BCUT2D eigenvalue weighted by Crippen LogP contribution is -2.14. The van der Waals surface area contributed by atoms with Gasteiger partial charge in [0.25, 0.3) is 5.56 Å². The highest BCUT2D eigenvalue weighted by atomic mass is 32.2. The topological polar surface area (TPSA) is 84.1 Å². The van der Waals surface area contributed by atoms with Crippen LogP contribution < -0.4 is 15.6 Å². The van der Waals surface area contributed by atoms with Gasteiger partial charge in [0.1, 0.15) is 16.4 Å². The molecular formula is C23H27N3O3S2. The predicted octanol–water partition coefficient (Wildman–Crippen LogP) is 4.91. The van der Waals surface area contributed by atoms with Crippen molar-refractivity contribution in [3.8, 4) is 5.75 Å². The van der Waals surface area contributed by atoms with Crippen LogP contribution in [0.2, 0.25) is 0 Å². The van der Waals surface area contributed by atoms with E-state index in [9.17, 15) is 9.59 Å². The second kappa shape index (κ2) is 10.3. The number of benzene rings is 1. The van der Waals surface area contributed by atoms with Gasteiger partial charge in [-0.05, 0) is 49.8 Å². The number of H-pyrrole nitrogens is 1. The van der Waals surface area contributed by atoms with E-state index in [1.165, 1.54) is 16.9 Å². The summed E-state index contributed by atoms with van der Waals surface area (Å²) < 4.78 is 5.69. The van der Waals surface area contributed by atoms with E-state index in [1.54, 1.807) is 23.1 Å². The van der Waals surface area contributed by atoms with Crippen LogP contribution in [-0.2, 0) is 23.4 Å². The van der Waals surface area contributed by atoms with E-state index in [-0.39, 0.29) is 11.5 Å². The summed E-state index contributed by atoms with van der Waals surface area (Å²) in [4.78, 5) is 34.8. The molecule has 0 unspecified atom stereocenters. The highest BCUT2D eigenvalue weighted by molar-refractivity contribution is 7.98. The van der Waals surface area contributed by atoms with Gasteiger partial charge in [-0.15, -0.1) is 11.3 Å². The van der Waals surface area contributed by atoms with E-state index in [1.807, 2.05) is 31.2 Å². The number of carbonyl (C=O) groups is 1. The van der Waals surface area contributed by atoms with Crippen molar-refractivity contribution in [2.75, 3.05) is 17.7 Å². The molecule has 0 saturated carbocycles. The fourth-order valence-electron chi connectivity index (χ4n) is 3.73. The van der Waals surface area contributed by atoms with Gasteiger partial charge in [-0.3, -0.25) is 9.59 Å². The third kappa shape index (κ3) is 5.30. The number of ether oxygens (including phenoxy) is 1. The Morgan fingerprint density at radius 1 is 1.29 bits per heavy atom. The molecule has 8 heteroatoms. The third-order valence-electron chi connectivity index (χ3n) is 5.21. The normalized spacial score (nSPS) is 13.2. The number of thioether (sulfide) groups is 1. The number of amides is 1. The van der Waals surface area contributed by atoms with Crippen LogP contribution in [0.5, 0.6) is 5.75 Å². The fourth-order valence-corrected chi connectivity index (χ4v) is 5.82. The van der Waals surface area contributed by atoms with Crippen molar-refractivity contribution in [2.45, 2.75) is 51.2 Å². The molecule has 0 saturated heterocycles. The molecule has 31 heavy (non-hydrogen) atoms. The van der Waals surface area contributed by atoms with Crippen molar-refractivity contribution in [3.05, 3.63) is 50.9 Å². The molecule has 0 aliphatic heterocycles. The SMILES string of the molecule is CCCOc1ccccc1NC(=O)CCSCc1nc2sc3c(c2c(=O)[nH]1)CCCC3. The molecule has 0 bridgehead atoms. The van der Waals surface area contributed by atoms with E-state index >= 15 is 0 Å². The first-order valence-electron chi connectivity index (χ1n) is 10.8. The molecule has 0 fully saturated rings. The minimum absolute atomic E-state index is 0.0265. The summed E-state index contributed by atoms with van der Waals surface area (Å²) in [6.45, 7) is 2.66. The van der Waals surface area contributed by atoms with Crippen LogP contribution in [0.15, 0.2) is 29.1 Å². The predicted molar refractivity (Wildman–Crippen MR) is 129 cm³/mol. The van der Waals surface area contributed by atoms with Crippen molar-refractivity contribution in [3.63, 3.8) is 0 Å². The Labute approximate surface area is 189 Å². The van der Waals surface area contributed by atoms with Gasteiger partial charge in [0.15, 0.2) is 0 Å². The van der Waals surface area contributed by atoms with Gasteiger partial charge < -0.3 is 15.0 Å². The Balaban J connectivity index is 1.30. The van der Waals surface area contributed by atoms with Crippen molar-refractivity contribution in [1.82, 2.24) is 9.97 Å². The Kier molecular flexibility index (Phi) is 7.29. The number of para-hydroxylation sites is 2. The van der Waals surface area contributed by atoms with Crippen LogP contribution in [0.25, 0.3) is 10.2 Å². The summed E-state index contributed by atoms with van der Waals surface area (Å²) >= 11 is 3.26. The van der Waals surface area contributed by atoms with Gasteiger partial charge in [0.05, 0.1) is 23.4 Å². The molecule has 1 amide bonds. The van der Waals surface area contributed by atoms with Crippen molar-refractivity contribution in [2.24, 2.45) is 0 Å². The van der Waals surface area contributed by atoms with Crippen LogP contribution in [0.1, 0.15) is 48.9 Å². The number of rotatable bonds is 9. The van der Waals surface area contributed by atoms with Gasteiger partial charge in [-0.25, -0.2) is 4.98 Å². The second-order valence-corrected chi connectivity index (χ2v) is 9.79. The summed E-state index contributed by atoms with van der Waals surface area (Å²) in [5.41, 5.74) is 1.88. The largest absolute Gasteiger partial charge is 0.491 e. The Hall–Kier alpha value is -2.32. The highest BCUT2D eigenvalue weighted by Gasteiger charge is 2.19. The molecular weight excluding hydrogens is 430 g/mol. The van der Waals surface area contributed by atoms with Crippen molar-refractivity contribution in [1.29, 1.82) is 0 Å². The maximum absolute atomic E-state index is 12.6. The number of carbonyl (C=O) groups excluding carboxylic acids is 1. The zero-order valence-corrected chi connectivity index (χ0v) is 19.3. The van der Waals surface area contributed by atoms with Crippen LogP contribution in [0, 0.1) is 0 Å². The Morgan fingerprint density at radius 2 is 2.13 bits per heavy atom. The van der Waals surface area contributed by atoms with Gasteiger partial charge in [-0.2, -0.15) is 11.8 Å². The lowest BCUT2D eigenvalue weighted by molar-refractivity contribution is -0.115. The van der Waals surface area contributed by atoms with Crippen LogP contribution >= 0.6 is 23.1 Å². The monoisotopic (exact) mass is 457 g/mol. The molecule has 164 valence electrons. The molecule has 2 N–H and O–H groups in total. The minimum atomic E-state index is -0.0529. The van der Waals surface area contributed by atoms with E-state index < -0.39 is 0 Å². The average molecular weight is 458 g/mol. The zero-order chi connectivity index (χ0) is 21.6. The molecule has 0 radical (unpaired) electrons. The summed E-state index contributed by atoms with van der Waals surface area (Å²) in [7, 11) is 0. The van der Waals surface area contributed by atoms with E-state index in [4.69, 9.17) is 9.72 Å². The Bertz CT molecular complexity index is 1120. The number of anilines is 1. The molecule has 0 atom stereocenters. The van der Waals surface area contributed by atoms with E-state index in [0.717, 1.165) is 35.9 Å². The maximum Gasteiger partial charge on any atom is 0.259 e. The summed E-state index contributed by atoms with van der Waals surface area (Å²) in [6.07, 6.45) is 5.67. The maximum atomic E-state index is 12.6. The average Bonchev–Trinajstić information content (AvgIpc) is 3.15. The summed E-state index contributed by atoms with van der Waals surface area (Å²) in [6, 6.07) is 7.48. The minimum Gasteiger partial charge on any atom is -0.491 e. The third-order valence-corrected chi connectivity index (χ3v) is 7.37. The first-order valence-corrected chi connectivity index (χ1v) is 12.8. The second-order valence-electron chi connectivity index (χ2n) is 7.60. The molecule has 1 aliphatic carbocycles. The van der Waals surface area contributed by atoms with Gasteiger partial charge in [0, 0.05) is 17.1 Å². The molecule has 4 rings (SSSR count). The standard InChI is InChI=1S/C23H27N3O3S2/c1-2-12-29-17-9-5-4-8-16(17)24-20(27)11-13-30-14-19-25-22(28)21-15-7-3-6-10-18(15)31-23(21)26-19/h4-5,8-9H,2-3,6-7,10-14H2,1H3,(H,24,27)(H,25,26,28). The molecule has 1 aliphatic rings. The molecule has 3 aromatic rings. The molecule has 6 nitrogen and oxygen atoms in total. The van der Waals surface area contributed by atoms with Crippen molar-refractivity contribution < 1.29 is 9.53 Å². The van der Waals surface area contributed by atoms with Crippen LogP contribution in [0.4, 0.5) is 5.69 Å². The number of nitrogens with zero attached hydrogens (tertiary/aromatic N) is 1. The first-order chi connectivity index (χ1) is 15.2. The summed E-state index contributed by atoms with van der Waals surface area (Å²) in [5.74, 6) is 2.55. The smallest absolute Gasteiger partial charge is 0.259 e. The number of aryl methyl sites for hydroxylation is 2. The van der Waals surface area contributed by atoms with Crippen molar-refractivity contribution >= 4 is 44.9 Å². The van der Waals surface area contributed by atoms with Gasteiger partial charge in [0.2, 0.25) is 5.91 Å². The first kappa shape index (κ1) is 21.9. The fraction of sp³-hybridized carbons (Fsp3) is 0.435. The highest BCUT2D eigenvalue weighted by Crippen LogP contribution is 2.33. The zero-order valence-electron chi connectivity index (χ0n) is 17.7. The van der Waals surface area contributed by atoms with Crippen LogP contribution in [-0.4, -0.2) is 28.2 Å². The number of aromatic amines is 1. The lowest BCUT2D eigenvalue weighted by Gasteiger charge is -2.11. The quantitative estimate of drug-likeness (QED) is 0.446. The molecule has 0 spiro atoms.